The molecule has 13 heteroatoms. The summed E-state index contributed by atoms with van der Waals surface area (Å²) in [4.78, 5) is 72.6. The summed E-state index contributed by atoms with van der Waals surface area (Å²) >= 11 is 0. The number of aryl methyl sites for hydroxylation is 2. The van der Waals surface area contributed by atoms with E-state index in [4.69, 9.17) is 9.47 Å². The van der Waals surface area contributed by atoms with E-state index in [2.05, 4.69) is 4.98 Å². The summed E-state index contributed by atoms with van der Waals surface area (Å²) < 4.78 is 14.3. The van der Waals surface area contributed by atoms with E-state index in [0.29, 0.717) is 29.0 Å². The van der Waals surface area contributed by atoms with Crippen LogP contribution in [0.15, 0.2) is 40.2 Å². The number of para-hydroxylation sites is 1. The summed E-state index contributed by atoms with van der Waals surface area (Å²) in [5, 5.41) is 0. The third-order valence-corrected chi connectivity index (χ3v) is 7.21. The minimum absolute atomic E-state index is 0.0535. The van der Waals surface area contributed by atoms with Gasteiger partial charge in [0.1, 0.15) is 6.73 Å². The average molecular weight is 525 g/mol. The van der Waals surface area contributed by atoms with E-state index < -0.39 is 34.4 Å². The molecule has 0 saturated carbocycles. The Kier molecular flexibility index (Phi) is 6.49. The van der Waals surface area contributed by atoms with Crippen LogP contribution in [0.1, 0.15) is 18.4 Å². The number of carbonyl (C=O) groups excluding carboxylic acids is 3. The molecule has 1 fully saturated rings. The molecule has 2 aliphatic rings. The molecule has 200 valence electrons. The zero-order valence-corrected chi connectivity index (χ0v) is 21.4. The Bertz CT molecular complexity index is 1570. The fourth-order valence-corrected chi connectivity index (χ4v) is 5.28. The lowest BCUT2D eigenvalue weighted by Crippen LogP contribution is -2.47. The molecule has 13 nitrogen and oxygen atoms in total. The van der Waals surface area contributed by atoms with Crippen molar-refractivity contribution in [3.63, 3.8) is 0 Å². The smallest absolute Gasteiger partial charge is 0.332 e. The van der Waals surface area contributed by atoms with Gasteiger partial charge in [0, 0.05) is 45.5 Å². The number of carbonyl (C=O) groups is 3. The van der Waals surface area contributed by atoms with Gasteiger partial charge in [-0.15, -0.1) is 0 Å². The largest absolute Gasteiger partial charge is 0.382 e. The van der Waals surface area contributed by atoms with Gasteiger partial charge in [-0.2, -0.15) is 0 Å². The molecule has 2 aliphatic heterocycles. The lowest BCUT2D eigenvalue weighted by atomic mass is 9.80. The standard InChI is InChI=1S/C25H28N6O7/c1-27-14-26-20-19(27)21(33)30(24(36)28(20)2)10-6-9-29-17-8-5-4-7-16(17)25(22(29)34)13-18(32)31(23(25)35)15-38-12-11-37-3/h4-5,7-8,14H,6,9-13,15H2,1-3H3. The Labute approximate surface area is 216 Å². The van der Waals surface area contributed by atoms with Gasteiger partial charge in [0.25, 0.3) is 11.5 Å². The number of benzene rings is 1. The minimum Gasteiger partial charge on any atom is -0.382 e. The highest BCUT2D eigenvalue weighted by molar-refractivity contribution is 6.28. The number of anilines is 1. The average Bonchev–Trinajstić information content (AvgIpc) is 3.49. The van der Waals surface area contributed by atoms with Gasteiger partial charge in [-0.3, -0.25) is 33.2 Å². The highest BCUT2D eigenvalue weighted by Gasteiger charge is 2.63. The molecule has 0 aliphatic carbocycles. The number of imidazole rings is 1. The molecule has 0 bridgehead atoms. The summed E-state index contributed by atoms with van der Waals surface area (Å²) in [7, 11) is 4.74. The molecule has 1 atom stereocenters. The maximum atomic E-state index is 13.8. The number of amides is 3. The van der Waals surface area contributed by atoms with Crippen LogP contribution >= 0.6 is 0 Å². The fourth-order valence-electron chi connectivity index (χ4n) is 5.28. The van der Waals surface area contributed by atoms with Gasteiger partial charge in [0.15, 0.2) is 16.6 Å². The number of hydrogen-bond donors (Lipinski definition) is 0. The Balaban J connectivity index is 1.39. The van der Waals surface area contributed by atoms with Crippen molar-refractivity contribution in [1.82, 2.24) is 23.6 Å². The zero-order valence-electron chi connectivity index (χ0n) is 21.4. The molecule has 5 rings (SSSR count). The van der Waals surface area contributed by atoms with E-state index in [-0.39, 0.29) is 39.3 Å². The number of aromatic nitrogens is 4. The summed E-state index contributed by atoms with van der Waals surface area (Å²) in [5.41, 5.74) is -1.03. The van der Waals surface area contributed by atoms with Crippen molar-refractivity contribution in [1.29, 1.82) is 0 Å². The first-order valence-corrected chi connectivity index (χ1v) is 12.2. The summed E-state index contributed by atoms with van der Waals surface area (Å²) in [5.74, 6) is -1.61. The van der Waals surface area contributed by atoms with Crippen LogP contribution in [0.2, 0.25) is 0 Å². The highest BCUT2D eigenvalue weighted by Crippen LogP contribution is 2.48. The first-order valence-electron chi connectivity index (χ1n) is 12.2. The Morgan fingerprint density at radius 2 is 1.71 bits per heavy atom. The molecule has 1 spiro atoms. The molecule has 0 N–H and O–H groups in total. The van der Waals surface area contributed by atoms with E-state index in [9.17, 15) is 24.0 Å². The van der Waals surface area contributed by atoms with Gasteiger partial charge in [-0.1, -0.05) is 18.2 Å². The molecular weight excluding hydrogens is 496 g/mol. The molecule has 1 unspecified atom stereocenters. The van der Waals surface area contributed by atoms with Gasteiger partial charge in [-0.05, 0) is 12.5 Å². The third-order valence-electron chi connectivity index (χ3n) is 7.21. The summed E-state index contributed by atoms with van der Waals surface area (Å²) in [6, 6.07) is 6.88. The molecule has 0 radical (unpaired) electrons. The van der Waals surface area contributed by atoms with E-state index in [1.807, 2.05) is 0 Å². The van der Waals surface area contributed by atoms with Crippen LogP contribution in [-0.2, 0) is 49.9 Å². The van der Waals surface area contributed by atoms with Crippen molar-refractivity contribution >= 4 is 34.6 Å². The minimum atomic E-state index is -1.65. The predicted molar refractivity (Wildman–Crippen MR) is 134 cm³/mol. The SMILES string of the molecule is COCCOCN1C(=O)CC2(C1=O)C(=O)N(CCCn1c(=O)c3c(ncn3C)n(C)c1=O)c1ccccc12. The second kappa shape index (κ2) is 9.65. The molecular formula is C25H28N6O7. The van der Waals surface area contributed by atoms with Crippen molar-refractivity contribution in [2.75, 3.05) is 38.5 Å². The Hall–Kier alpha value is -4.10. The molecule has 38 heavy (non-hydrogen) atoms. The van der Waals surface area contributed by atoms with Crippen LogP contribution < -0.4 is 16.1 Å². The number of rotatable bonds is 9. The van der Waals surface area contributed by atoms with Crippen LogP contribution in [0.5, 0.6) is 0 Å². The number of hydrogen-bond acceptors (Lipinski definition) is 8. The number of nitrogens with zero attached hydrogens (tertiary/aromatic N) is 6. The van der Waals surface area contributed by atoms with E-state index in [1.54, 1.807) is 42.9 Å². The van der Waals surface area contributed by atoms with Crippen LogP contribution in [-0.4, -0.2) is 74.9 Å². The van der Waals surface area contributed by atoms with Gasteiger partial charge >= 0.3 is 5.69 Å². The van der Waals surface area contributed by atoms with Crippen molar-refractivity contribution in [3.8, 4) is 0 Å². The van der Waals surface area contributed by atoms with Gasteiger partial charge in [0.05, 0.1) is 26.0 Å². The molecule has 1 aromatic carbocycles. The van der Waals surface area contributed by atoms with E-state index in [1.165, 1.54) is 22.9 Å². The number of fused-ring (bicyclic) bond motifs is 3. The van der Waals surface area contributed by atoms with Crippen molar-refractivity contribution in [2.24, 2.45) is 14.1 Å². The predicted octanol–water partition coefficient (Wildman–Crippen LogP) is -0.512. The van der Waals surface area contributed by atoms with Crippen molar-refractivity contribution in [3.05, 3.63) is 57.0 Å². The summed E-state index contributed by atoms with van der Waals surface area (Å²) in [6.45, 7) is 0.429. The van der Waals surface area contributed by atoms with Crippen LogP contribution in [0, 0.1) is 0 Å². The molecule has 2 aromatic heterocycles. The van der Waals surface area contributed by atoms with E-state index >= 15 is 0 Å². The number of ether oxygens (including phenoxy) is 2. The monoisotopic (exact) mass is 524 g/mol. The first-order chi connectivity index (χ1) is 18.2. The highest BCUT2D eigenvalue weighted by atomic mass is 16.5. The second-order valence-corrected chi connectivity index (χ2v) is 9.39. The molecule has 4 heterocycles. The van der Waals surface area contributed by atoms with Crippen LogP contribution in [0.4, 0.5) is 5.69 Å². The molecule has 1 saturated heterocycles. The third kappa shape index (κ3) is 3.69. The fraction of sp³-hybridized carbons (Fsp3) is 0.440. The number of likely N-dealkylation sites (tertiary alicyclic amines) is 1. The molecule has 3 aromatic rings. The number of methoxy groups -OCH3 is 1. The van der Waals surface area contributed by atoms with Crippen molar-refractivity contribution in [2.45, 2.75) is 24.8 Å². The van der Waals surface area contributed by atoms with Gasteiger partial charge < -0.3 is 18.9 Å². The zero-order chi connectivity index (χ0) is 27.2. The van der Waals surface area contributed by atoms with Crippen LogP contribution in [0.3, 0.4) is 0 Å². The Morgan fingerprint density at radius 1 is 0.974 bits per heavy atom. The lowest BCUT2D eigenvalue weighted by Gasteiger charge is -2.22. The normalized spacial score (nSPS) is 19.0. The second-order valence-electron chi connectivity index (χ2n) is 9.39. The maximum Gasteiger partial charge on any atom is 0.332 e. The first kappa shape index (κ1) is 25.5. The van der Waals surface area contributed by atoms with E-state index in [0.717, 1.165) is 9.47 Å². The van der Waals surface area contributed by atoms with Gasteiger partial charge in [0.2, 0.25) is 11.8 Å². The summed E-state index contributed by atoms with van der Waals surface area (Å²) in [6.07, 6.45) is 1.45. The maximum absolute atomic E-state index is 13.8. The van der Waals surface area contributed by atoms with Crippen molar-refractivity contribution < 1.29 is 23.9 Å². The topological polar surface area (TPSA) is 138 Å². The quantitative estimate of drug-likeness (QED) is 0.207. The van der Waals surface area contributed by atoms with Crippen LogP contribution in [0.25, 0.3) is 11.2 Å². The molecule has 3 amide bonds. The van der Waals surface area contributed by atoms with Gasteiger partial charge in [-0.25, -0.2) is 9.78 Å². The number of imide groups is 1. The Morgan fingerprint density at radius 3 is 2.47 bits per heavy atom. The lowest BCUT2D eigenvalue weighted by molar-refractivity contribution is -0.147.